The van der Waals surface area contributed by atoms with Gasteiger partial charge in [0.15, 0.2) is 12.2 Å². The van der Waals surface area contributed by atoms with Gasteiger partial charge in [-0.15, -0.1) is 0 Å². The van der Waals surface area contributed by atoms with E-state index in [0.717, 1.165) is 20.8 Å². The molecule has 0 spiro atoms. The first-order chi connectivity index (χ1) is 15.1. The number of rotatable bonds is 8. The average molecular weight is 452 g/mol. The van der Waals surface area contributed by atoms with E-state index in [9.17, 15) is 24.0 Å². The normalized spacial score (nSPS) is 24.6. The first-order valence-electron chi connectivity index (χ1n) is 9.63. The molecule has 1 heterocycles. The van der Waals surface area contributed by atoms with Gasteiger partial charge in [-0.05, 0) is 24.3 Å². The minimum absolute atomic E-state index is 0.247. The van der Waals surface area contributed by atoms with E-state index < -0.39 is 54.6 Å². The van der Waals surface area contributed by atoms with Gasteiger partial charge in [0.2, 0.25) is 12.4 Å². The summed E-state index contributed by atoms with van der Waals surface area (Å²) in [6, 6.07) is 5.96. The van der Waals surface area contributed by atoms with Crippen LogP contribution in [0.5, 0.6) is 5.75 Å². The molecule has 1 aromatic carbocycles. The Bertz CT molecular complexity index is 848. The summed E-state index contributed by atoms with van der Waals surface area (Å²) in [5.41, 5.74) is 0.402. The minimum Gasteiger partial charge on any atom is -0.463 e. The predicted octanol–water partition coefficient (Wildman–Crippen LogP) is 0.961. The second-order valence-electron chi connectivity index (χ2n) is 6.87. The Morgan fingerprint density at radius 2 is 1.34 bits per heavy atom. The van der Waals surface area contributed by atoms with Crippen LogP contribution in [0.2, 0.25) is 0 Å². The molecular weight excluding hydrogens is 428 g/mol. The van der Waals surface area contributed by atoms with E-state index in [4.69, 9.17) is 28.4 Å². The van der Waals surface area contributed by atoms with Crippen molar-refractivity contribution in [2.24, 2.45) is 0 Å². The fraction of sp³-hybridized carbons (Fsp3) is 0.476. The number of ether oxygens (including phenoxy) is 6. The zero-order chi connectivity index (χ0) is 23.8. The fourth-order valence-electron chi connectivity index (χ4n) is 3.04. The van der Waals surface area contributed by atoms with Crippen LogP contribution in [0.1, 0.15) is 38.1 Å². The summed E-state index contributed by atoms with van der Waals surface area (Å²) in [6.07, 6.45) is -5.72. The summed E-state index contributed by atoms with van der Waals surface area (Å²) in [5, 5.41) is 0. The third kappa shape index (κ3) is 7.05. The van der Waals surface area contributed by atoms with Crippen molar-refractivity contribution in [3.63, 3.8) is 0 Å². The highest BCUT2D eigenvalue weighted by atomic mass is 16.7. The predicted molar refractivity (Wildman–Crippen MR) is 104 cm³/mol. The molecule has 1 fully saturated rings. The molecule has 0 bridgehead atoms. The number of hydrogen-bond acceptors (Lipinski definition) is 11. The van der Waals surface area contributed by atoms with Crippen LogP contribution in [0, 0.1) is 0 Å². The molecule has 0 saturated carbocycles. The van der Waals surface area contributed by atoms with Gasteiger partial charge in [0.05, 0.1) is 0 Å². The number of carbonyl (C=O) groups is 5. The van der Waals surface area contributed by atoms with Gasteiger partial charge >= 0.3 is 23.9 Å². The van der Waals surface area contributed by atoms with Gasteiger partial charge in [-0.25, -0.2) is 0 Å². The lowest BCUT2D eigenvalue weighted by atomic mass is 9.98. The van der Waals surface area contributed by atoms with Crippen LogP contribution in [-0.4, -0.2) is 67.5 Å². The topological polar surface area (TPSA) is 141 Å². The van der Waals surface area contributed by atoms with Crippen LogP contribution in [0.4, 0.5) is 0 Å². The lowest BCUT2D eigenvalue weighted by Gasteiger charge is -2.43. The van der Waals surface area contributed by atoms with Crippen LogP contribution < -0.4 is 4.74 Å². The van der Waals surface area contributed by atoms with E-state index in [1.54, 1.807) is 0 Å². The molecule has 32 heavy (non-hydrogen) atoms. The van der Waals surface area contributed by atoms with Crippen molar-refractivity contribution in [3.8, 4) is 5.75 Å². The summed E-state index contributed by atoms with van der Waals surface area (Å²) in [4.78, 5) is 57.4. The van der Waals surface area contributed by atoms with Crippen molar-refractivity contribution in [2.45, 2.75) is 58.4 Å². The lowest BCUT2D eigenvalue weighted by Crippen LogP contribution is -2.63. The van der Waals surface area contributed by atoms with Crippen LogP contribution >= 0.6 is 0 Å². The number of carbonyl (C=O) groups excluding carboxylic acids is 5. The molecule has 174 valence electrons. The first kappa shape index (κ1) is 24.8. The number of esters is 4. The van der Waals surface area contributed by atoms with Crippen LogP contribution in [-0.2, 0) is 42.9 Å². The van der Waals surface area contributed by atoms with Crippen LogP contribution in [0.15, 0.2) is 24.3 Å². The highest BCUT2D eigenvalue weighted by molar-refractivity contribution is 5.74. The molecule has 0 unspecified atom stereocenters. The van der Waals surface area contributed by atoms with Gasteiger partial charge in [-0.3, -0.25) is 24.0 Å². The summed E-state index contributed by atoms with van der Waals surface area (Å²) >= 11 is 0. The van der Waals surface area contributed by atoms with Gasteiger partial charge in [-0.1, -0.05) is 0 Å². The van der Waals surface area contributed by atoms with E-state index in [0.29, 0.717) is 11.8 Å². The molecule has 5 atom stereocenters. The SMILES string of the molecule is CC(=O)OC[C@H]1O[C@H](Oc2ccc(C=O)cc2)[C@H](OC(C)=O)[C@@H](OC(C)=O)[C@@H]1OC(C)=O. The van der Waals surface area contributed by atoms with E-state index in [1.807, 2.05) is 0 Å². The molecule has 2 rings (SSSR count). The largest absolute Gasteiger partial charge is 0.463 e. The Morgan fingerprint density at radius 3 is 1.84 bits per heavy atom. The third-order valence-electron chi connectivity index (χ3n) is 4.22. The summed E-state index contributed by atoms with van der Waals surface area (Å²) in [6.45, 7) is 4.21. The van der Waals surface area contributed by atoms with Crippen LogP contribution in [0.3, 0.4) is 0 Å². The van der Waals surface area contributed by atoms with Crippen molar-refractivity contribution < 1.29 is 52.4 Å². The Balaban J connectivity index is 2.43. The van der Waals surface area contributed by atoms with Crippen molar-refractivity contribution >= 4 is 30.2 Å². The number of aldehydes is 1. The zero-order valence-electron chi connectivity index (χ0n) is 18.0. The van der Waals surface area contributed by atoms with Crippen molar-refractivity contribution in [1.82, 2.24) is 0 Å². The maximum Gasteiger partial charge on any atom is 0.303 e. The molecule has 1 aliphatic rings. The highest BCUT2D eigenvalue weighted by Crippen LogP contribution is 2.31. The van der Waals surface area contributed by atoms with Crippen molar-refractivity contribution in [3.05, 3.63) is 29.8 Å². The summed E-state index contributed by atoms with van der Waals surface area (Å²) in [5.74, 6) is -2.58. The van der Waals surface area contributed by atoms with E-state index in [1.165, 1.54) is 31.2 Å². The maximum absolute atomic E-state index is 11.8. The van der Waals surface area contributed by atoms with Gasteiger partial charge in [-0.2, -0.15) is 0 Å². The molecule has 1 saturated heterocycles. The van der Waals surface area contributed by atoms with Gasteiger partial charge < -0.3 is 28.4 Å². The van der Waals surface area contributed by atoms with Crippen molar-refractivity contribution in [2.75, 3.05) is 6.61 Å². The molecule has 0 aromatic heterocycles. The minimum atomic E-state index is -1.34. The Hall–Kier alpha value is -3.47. The second kappa shape index (κ2) is 11.2. The fourth-order valence-corrected chi connectivity index (χ4v) is 3.04. The van der Waals surface area contributed by atoms with Gasteiger partial charge in [0, 0.05) is 33.3 Å². The molecular formula is C21H24O11. The summed E-state index contributed by atoms with van der Waals surface area (Å²) in [7, 11) is 0. The van der Waals surface area contributed by atoms with E-state index >= 15 is 0 Å². The Morgan fingerprint density at radius 1 is 0.812 bits per heavy atom. The van der Waals surface area contributed by atoms with Crippen LogP contribution in [0.25, 0.3) is 0 Å². The summed E-state index contributed by atoms with van der Waals surface area (Å²) < 4.78 is 32.5. The first-order valence-corrected chi connectivity index (χ1v) is 9.63. The Kier molecular flexibility index (Phi) is 8.71. The van der Waals surface area contributed by atoms with Crippen molar-refractivity contribution in [1.29, 1.82) is 0 Å². The molecule has 11 nitrogen and oxygen atoms in total. The zero-order valence-corrected chi connectivity index (χ0v) is 18.0. The standard InChI is InChI=1S/C21H24O11/c1-11(23)27-10-17-18(28-12(2)24)19(29-13(3)25)20(30-14(4)26)21(32-17)31-16-7-5-15(9-22)6-8-16/h5-9,17-21H,10H2,1-4H3/t17-,18-,19+,20-,21+/m1/s1. The Labute approximate surface area is 183 Å². The molecule has 1 aromatic rings. The second-order valence-corrected chi connectivity index (χ2v) is 6.87. The lowest BCUT2D eigenvalue weighted by molar-refractivity contribution is -0.288. The molecule has 11 heteroatoms. The quantitative estimate of drug-likeness (QED) is 0.316. The molecule has 1 aliphatic heterocycles. The highest BCUT2D eigenvalue weighted by Gasteiger charge is 2.53. The monoisotopic (exact) mass is 452 g/mol. The smallest absolute Gasteiger partial charge is 0.303 e. The third-order valence-corrected chi connectivity index (χ3v) is 4.22. The van der Waals surface area contributed by atoms with Gasteiger partial charge in [0.25, 0.3) is 0 Å². The molecule has 0 amide bonds. The average Bonchev–Trinajstić information content (AvgIpc) is 2.70. The van der Waals surface area contributed by atoms with Gasteiger partial charge in [0.1, 0.15) is 24.7 Å². The molecule has 0 aliphatic carbocycles. The number of hydrogen-bond donors (Lipinski definition) is 0. The molecule has 0 N–H and O–H groups in total. The van der Waals surface area contributed by atoms with E-state index in [2.05, 4.69) is 0 Å². The number of benzene rings is 1. The van der Waals surface area contributed by atoms with E-state index in [-0.39, 0.29) is 12.4 Å². The molecule has 0 radical (unpaired) electrons. The maximum atomic E-state index is 11.8.